The second kappa shape index (κ2) is 5.35. The topological polar surface area (TPSA) is 49.4 Å². The van der Waals surface area contributed by atoms with Crippen molar-refractivity contribution >= 4 is 23.6 Å². The molecule has 2 atom stereocenters. The zero-order valence-corrected chi connectivity index (χ0v) is 12.2. The van der Waals surface area contributed by atoms with Gasteiger partial charge in [0.2, 0.25) is 11.8 Å². The van der Waals surface area contributed by atoms with Gasteiger partial charge in [-0.3, -0.25) is 9.59 Å². The number of hydrogen-bond donors (Lipinski definition) is 1. The van der Waals surface area contributed by atoms with E-state index in [1.54, 1.807) is 0 Å². The highest BCUT2D eigenvalue weighted by atomic mass is 32.2. The number of nitrogens with one attached hydrogen (secondary N) is 1. The van der Waals surface area contributed by atoms with Gasteiger partial charge in [0.25, 0.3) is 0 Å². The molecular formula is C14H22N2O2S. The van der Waals surface area contributed by atoms with Crippen molar-refractivity contribution in [1.82, 2.24) is 10.2 Å². The van der Waals surface area contributed by atoms with Gasteiger partial charge in [-0.15, -0.1) is 0 Å². The number of carbonyl (C=O) groups is 2. The van der Waals surface area contributed by atoms with Crippen LogP contribution in [0.5, 0.6) is 0 Å². The summed E-state index contributed by atoms with van der Waals surface area (Å²) in [4.78, 5) is 26.8. The van der Waals surface area contributed by atoms with E-state index < -0.39 is 0 Å². The Morgan fingerprint density at radius 2 is 1.89 bits per heavy atom. The van der Waals surface area contributed by atoms with Crippen molar-refractivity contribution in [3.8, 4) is 0 Å². The second-order valence-corrected chi connectivity index (χ2v) is 7.23. The van der Waals surface area contributed by atoms with Crippen LogP contribution >= 0.6 is 11.8 Å². The minimum atomic E-state index is -0.228. The first-order valence-electron chi connectivity index (χ1n) is 7.41. The summed E-state index contributed by atoms with van der Waals surface area (Å²) in [6.07, 6.45) is 4.36. The van der Waals surface area contributed by atoms with Crippen LogP contribution in [0.25, 0.3) is 0 Å². The fraction of sp³-hybridized carbons (Fsp3) is 0.857. The Morgan fingerprint density at radius 3 is 2.47 bits per heavy atom. The molecule has 106 valence electrons. The van der Waals surface area contributed by atoms with E-state index in [-0.39, 0.29) is 23.9 Å². The molecule has 3 rings (SSSR count). The van der Waals surface area contributed by atoms with Crippen LogP contribution in [0, 0.1) is 11.8 Å². The molecule has 0 bridgehead atoms. The van der Waals surface area contributed by atoms with Crippen molar-refractivity contribution in [1.29, 1.82) is 0 Å². The number of nitrogens with zero attached hydrogens (tertiary/aromatic N) is 1. The van der Waals surface area contributed by atoms with E-state index in [4.69, 9.17) is 0 Å². The van der Waals surface area contributed by atoms with Gasteiger partial charge in [0.05, 0.1) is 0 Å². The monoisotopic (exact) mass is 282 g/mol. The highest BCUT2D eigenvalue weighted by molar-refractivity contribution is 7.99. The summed E-state index contributed by atoms with van der Waals surface area (Å²) >= 11 is 1.84. The summed E-state index contributed by atoms with van der Waals surface area (Å²) < 4.78 is 0. The second-order valence-electron chi connectivity index (χ2n) is 5.83. The summed E-state index contributed by atoms with van der Waals surface area (Å²) in [5.74, 6) is 3.09. The third kappa shape index (κ3) is 2.76. The van der Waals surface area contributed by atoms with Crippen molar-refractivity contribution in [2.24, 2.45) is 11.8 Å². The fourth-order valence-electron chi connectivity index (χ4n) is 2.94. The first-order chi connectivity index (χ1) is 9.22. The van der Waals surface area contributed by atoms with Crippen LogP contribution in [0.2, 0.25) is 0 Å². The van der Waals surface area contributed by atoms with Crippen molar-refractivity contribution in [3.63, 3.8) is 0 Å². The Kier molecular flexibility index (Phi) is 3.74. The van der Waals surface area contributed by atoms with Crippen LogP contribution in [0.4, 0.5) is 0 Å². The molecule has 2 aliphatic carbocycles. The highest BCUT2D eigenvalue weighted by Gasteiger charge is 2.50. The summed E-state index contributed by atoms with van der Waals surface area (Å²) in [6, 6.07) is -0.408. The molecule has 5 heteroatoms. The molecule has 1 saturated heterocycles. The molecule has 1 aliphatic heterocycles. The number of piperazine rings is 1. The lowest BCUT2D eigenvalue weighted by Gasteiger charge is -2.39. The lowest BCUT2D eigenvalue weighted by atomic mass is 10.0. The normalized spacial score (nSPS) is 31.5. The van der Waals surface area contributed by atoms with Gasteiger partial charge >= 0.3 is 0 Å². The zero-order chi connectivity index (χ0) is 13.4. The molecule has 3 fully saturated rings. The molecule has 0 aromatic rings. The van der Waals surface area contributed by atoms with Gasteiger partial charge in [-0.2, -0.15) is 11.8 Å². The Morgan fingerprint density at radius 1 is 1.21 bits per heavy atom. The fourth-order valence-corrected chi connectivity index (χ4v) is 3.56. The summed E-state index contributed by atoms with van der Waals surface area (Å²) in [5, 5.41) is 2.98. The molecule has 0 radical (unpaired) electrons. The SMILES string of the molecule is CCSCCN1C(=O)C(C2CC2)NC(=O)C1C1CC1. The molecule has 2 amide bonds. The predicted octanol–water partition coefficient (Wildman–Crippen LogP) is 1.26. The zero-order valence-electron chi connectivity index (χ0n) is 11.4. The van der Waals surface area contributed by atoms with Crippen molar-refractivity contribution in [3.05, 3.63) is 0 Å². The van der Waals surface area contributed by atoms with Crippen LogP contribution in [0.1, 0.15) is 32.6 Å². The van der Waals surface area contributed by atoms with Crippen LogP contribution < -0.4 is 5.32 Å². The van der Waals surface area contributed by atoms with E-state index in [0.717, 1.165) is 43.7 Å². The summed E-state index contributed by atoms with van der Waals surface area (Å²) in [5.41, 5.74) is 0. The van der Waals surface area contributed by atoms with Crippen LogP contribution in [0.15, 0.2) is 0 Å². The van der Waals surface area contributed by atoms with Gasteiger partial charge in [-0.05, 0) is 43.3 Å². The average Bonchev–Trinajstić information content (AvgIpc) is 3.26. The van der Waals surface area contributed by atoms with Gasteiger partial charge in [0.1, 0.15) is 12.1 Å². The smallest absolute Gasteiger partial charge is 0.246 e. The maximum atomic E-state index is 12.6. The first-order valence-corrected chi connectivity index (χ1v) is 8.56. The first kappa shape index (κ1) is 13.3. The maximum Gasteiger partial charge on any atom is 0.246 e. The lowest BCUT2D eigenvalue weighted by molar-refractivity contribution is -0.150. The molecule has 3 aliphatic rings. The quantitative estimate of drug-likeness (QED) is 0.746. The minimum absolute atomic E-state index is 0.0977. The van der Waals surface area contributed by atoms with E-state index in [9.17, 15) is 9.59 Å². The molecule has 1 N–H and O–H groups in total. The molecular weight excluding hydrogens is 260 g/mol. The van der Waals surface area contributed by atoms with E-state index in [0.29, 0.717) is 11.8 Å². The molecule has 0 spiro atoms. The number of amides is 2. The Hall–Kier alpha value is -0.710. The molecule has 4 nitrogen and oxygen atoms in total. The van der Waals surface area contributed by atoms with Crippen molar-refractivity contribution < 1.29 is 9.59 Å². The third-order valence-electron chi connectivity index (χ3n) is 4.29. The Balaban J connectivity index is 1.71. The number of carbonyl (C=O) groups excluding carboxylic acids is 2. The Bertz CT molecular complexity index is 380. The van der Waals surface area contributed by atoms with E-state index in [2.05, 4.69) is 12.2 Å². The predicted molar refractivity (Wildman–Crippen MR) is 75.9 cm³/mol. The molecule has 0 aromatic carbocycles. The number of rotatable bonds is 6. The van der Waals surface area contributed by atoms with Gasteiger partial charge in [0.15, 0.2) is 0 Å². The number of thioether (sulfide) groups is 1. The van der Waals surface area contributed by atoms with E-state index >= 15 is 0 Å². The van der Waals surface area contributed by atoms with Crippen molar-refractivity contribution in [2.45, 2.75) is 44.7 Å². The van der Waals surface area contributed by atoms with Gasteiger partial charge < -0.3 is 10.2 Å². The lowest BCUT2D eigenvalue weighted by Crippen LogP contribution is -2.65. The van der Waals surface area contributed by atoms with Crippen LogP contribution in [-0.2, 0) is 9.59 Å². The van der Waals surface area contributed by atoms with E-state index in [1.165, 1.54) is 0 Å². The minimum Gasteiger partial charge on any atom is -0.342 e. The molecule has 19 heavy (non-hydrogen) atoms. The van der Waals surface area contributed by atoms with E-state index in [1.807, 2.05) is 16.7 Å². The summed E-state index contributed by atoms with van der Waals surface area (Å²) in [6.45, 7) is 2.86. The third-order valence-corrected chi connectivity index (χ3v) is 5.17. The Labute approximate surface area is 118 Å². The van der Waals surface area contributed by atoms with Gasteiger partial charge in [-0.25, -0.2) is 0 Å². The van der Waals surface area contributed by atoms with Gasteiger partial charge in [0, 0.05) is 12.3 Å². The largest absolute Gasteiger partial charge is 0.342 e. The average molecular weight is 282 g/mol. The molecule has 0 aromatic heterocycles. The van der Waals surface area contributed by atoms with Crippen molar-refractivity contribution in [2.75, 3.05) is 18.1 Å². The van der Waals surface area contributed by atoms with Crippen LogP contribution in [0.3, 0.4) is 0 Å². The molecule has 1 heterocycles. The highest BCUT2D eigenvalue weighted by Crippen LogP contribution is 2.40. The summed E-state index contributed by atoms with van der Waals surface area (Å²) in [7, 11) is 0. The maximum absolute atomic E-state index is 12.6. The van der Waals surface area contributed by atoms with Crippen LogP contribution in [-0.4, -0.2) is 46.8 Å². The number of hydrogen-bond acceptors (Lipinski definition) is 3. The molecule has 2 saturated carbocycles. The molecule has 2 unspecified atom stereocenters. The van der Waals surface area contributed by atoms with Gasteiger partial charge in [-0.1, -0.05) is 6.92 Å². The standard InChI is InChI=1S/C14H22N2O2S/c1-2-19-8-7-16-12(10-5-6-10)13(17)15-11(14(16)18)9-3-4-9/h9-12H,2-8H2,1H3,(H,15,17).